The largest absolute Gasteiger partial charge is 0.507 e. The van der Waals surface area contributed by atoms with Crippen LogP contribution in [-0.2, 0) is 6.42 Å². The topological polar surface area (TPSA) is 43.7 Å². The van der Waals surface area contributed by atoms with Crippen LogP contribution >= 0.6 is 11.3 Å². The van der Waals surface area contributed by atoms with Crippen LogP contribution in [0.4, 0.5) is 5.69 Å². The van der Waals surface area contributed by atoms with Gasteiger partial charge in [-0.15, -0.1) is 11.3 Å². The number of aliphatic hydroxyl groups is 1. The summed E-state index contributed by atoms with van der Waals surface area (Å²) >= 11 is 1.76. The second-order valence-corrected chi connectivity index (χ2v) is 6.19. The molecule has 2 unspecified atom stereocenters. The van der Waals surface area contributed by atoms with Crippen LogP contribution in [0.25, 0.3) is 0 Å². The van der Waals surface area contributed by atoms with Gasteiger partial charge in [0.2, 0.25) is 0 Å². The SMILES string of the molecule is CC(O)c1ccc(N(C)C(C)Cc2cccs2)cc1O. The molecule has 1 aromatic heterocycles. The third kappa shape index (κ3) is 3.32. The summed E-state index contributed by atoms with van der Waals surface area (Å²) in [5.41, 5.74) is 1.52. The van der Waals surface area contributed by atoms with Crippen molar-refractivity contribution >= 4 is 17.0 Å². The lowest BCUT2D eigenvalue weighted by molar-refractivity contribution is 0.195. The number of hydrogen-bond acceptors (Lipinski definition) is 4. The Hall–Kier alpha value is -1.52. The second kappa shape index (κ2) is 6.29. The Morgan fingerprint density at radius 2 is 2.00 bits per heavy atom. The highest BCUT2D eigenvalue weighted by atomic mass is 32.1. The van der Waals surface area contributed by atoms with Gasteiger partial charge in [-0.3, -0.25) is 0 Å². The van der Waals surface area contributed by atoms with E-state index in [2.05, 4.69) is 29.3 Å². The normalized spacial score (nSPS) is 14.0. The van der Waals surface area contributed by atoms with E-state index in [1.165, 1.54) is 4.88 Å². The molecule has 0 fully saturated rings. The molecule has 4 heteroatoms. The Morgan fingerprint density at radius 1 is 1.25 bits per heavy atom. The summed E-state index contributed by atoms with van der Waals surface area (Å²) in [4.78, 5) is 3.50. The summed E-state index contributed by atoms with van der Waals surface area (Å²) in [6.07, 6.45) is 0.325. The van der Waals surface area contributed by atoms with Gasteiger partial charge in [-0.25, -0.2) is 0 Å². The van der Waals surface area contributed by atoms with Crippen LogP contribution in [0, 0.1) is 0 Å². The van der Waals surface area contributed by atoms with E-state index >= 15 is 0 Å². The number of thiophene rings is 1. The Morgan fingerprint density at radius 3 is 2.55 bits per heavy atom. The van der Waals surface area contributed by atoms with Gasteiger partial charge in [-0.1, -0.05) is 12.1 Å². The molecule has 1 heterocycles. The standard InChI is InChI=1S/C16H21NO2S/c1-11(9-14-5-4-8-20-14)17(3)13-6-7-15(12(2)18)16(19)10-13/h4-8,10-12,18-19H,9H2,1-3H3. The molecule has 20 heavy (non-hydrogen) atoms. The number of aliphatic hydroxyl groups excluding tert-OH is 1. The minimum Gasteiger partial charge on any atom is -0.507 e. The monoisotopic (exact) mass is 291 g/mol. The van der Waals surface area contributed by atoms with Crippen molar-refractivity contribution in [1.82, 2.24) is 0 Å². The van der Waals surface area contributed by atoms with Crippen LogP contribution < -0.4 is 4.90 Å². The molecule has 3 nitrogen and oxygen atoms in total. The number of anilines is 1. The smallest absolute Gasteiger partial charge is 0.123 e. The fourth-order valence-corrected chi connectivity index (χ4v) is 3.04. The van der Waals surface area contributed by atoms with Crippen LogP contribution in [0.2, 0.25) is 0 Å². The molecule has 0 saturated heterocycles. The molecular weight excluding hydrogens is 270 g/mol. The molecule has 0 aliphatic heterocycles. The van der Waals surface area contributed by atoms with Crippen molar-refractivity contribution < 1.29 is 10.2 Å². The zero-order valence-electron chi connectivity index (χ0n) is 12.1. The van der Waals surface area contributed by atoms with Crippen molar-refractivity contribution in [2.24, 2.45) is 0 Å². The average Bonchev–Trinajstić information content (AvgIpc) is 2.90. The molecule has 0 aliphatic rings. The third-order valence-corrected chi connectivity index (χ3v) is 4.51. The van der Waals surface area contributed by atoms with E-state index in [1.54, 1.807) is 30.4 Å². The van der Waals surface area contributed by atoms with Gasteiger partial charge < -0.3 is 15.1 Å². The highest BCUT2D eigenvalue weighted by molar-refractivity contribution is 7.09. The number of phenols is 1. The van der Waals surface area contributed by atoms with Gasteiger partial charge in [0.25, 0.3) is 0 Å². The number of benzene rings is 1. The van der Waals surface area contributed by atoms with E-state index in [9.17, 15) is 10.2 Å². The fourth-order valence-electron chi connectivity index (χ4n) is 2.22. The molecule has 2 N–H and O–H groups in total. The number of phenolic OH excluding ortho intramolecular Hbond substituents is 1. The molecule has 1 aromatic carbocycles. The first-order valence-electron chi connectivity index (χ1n) is 6.75. The zero-order chi connectivity index (χ0) is 14.7. The van der Waals surface area contributed by atoms with Crippen LogP contribution in [0.1, 0.15) is 30.4 Å². The highest BCUT2D eigenvalue weighted by Gasteiger charge is 2.14. The maximum Gasteiger partial charge on any atom is 0.123 e. The Balaban J connectivity index is 2.12. The molecule has 0 amide bonds. The molecule has 2 atom stereocenters. The summed E-state index contributed by atoms with van der Waals surface area (Å²) in [5.74, 6) is 0.146. The first-order valence-corrected chi connectivity index (χ1v) is 7.63. The molecule has 2 aromatic rings. The fraction of sp³-hybridized carbons (Fsp3) is 0.375. The number of rotatable bonds is 5. The molecule has 0 aliphatic carbocycles. The van der Waals surface area contributed by atoms with E-state index in [1.807, 2.05) is 13.1 Å². The van der Waals surface area contributed by atoms with E-state index in [-0.39, 0.29) is 5.75 Å². The van der Waals surface area contributed by atoms with Crippen molar-refractivity contribution in [3.8, 4) is 5.75 Å². The summed E-state index contributed by atoms with van der Waals surface area (Å²) < 4.78 is 0. The average molecular weight is 291 g/mol. The van der Waals surface area contributed by atoms with Gasteiger partial charge in [-0.2, -0.15) is 0 Å². The van der Waals surface area contributed by atoms with Gasteiger partial charge in [0.15, 0.2) is 0 Å². The van der Waals surface area contributed by atoms with Crippen molar-refractivity contribution in [1.29, 1.82) is 0 Å². The van der Waals surface area contributed by atoms with E-state index in [0.717, 1.165) is 12.1 Å². The van der Waals surface area contributed by atoms with Gasteiger partial charge in [0.1, 0.15) is 5.75 Å². The number of likely N-dealkylation sites (N-methyl/N-ethyl adjacent to an activating group) is 1. The lowest BCUT2D eigenvalue weighted by atomic mass is 10.1. The molecule has 2 rings (SSSR count). The first kappa shape index (κ1) is 14.9. The lowest BCUT2D eigenvalue weighted by Crippen LogP contribution is -2.30. The van der Waals surface area contributed by atoms with Gasteiger partial charge >= 0.3 is 0 Å². The maximum atomic E-state index is 9.96. The molecule has 0 radical (unpaired) electrons. The number of hydrogen-bond donors (Lipinski definition) is 2. The predicted octanol–water partition coefficient (Wildman–Crippen LogP) is 3.57. The number of aromatic hydroxyl groups is 1. The van der Waals surface area contributed by atoms with Gasteiger partial charge in [-0.05, 0) is 31.4 Å². The van der Waals surface area contributed by atoms with Crippen molar-refractivity contribution in [3.05, 3.63) is 46.2 Å². The molecule has 0 bridgehead atoms. The highest BCUT2D eigenvalue weighted by Crippen LogP contribution is 2.29. The third-order valence-electron chi connectivity index (χ3n) is 3.61. The van der Waals surface area contributed by atoms with Crippen molar-refractivity contribution in [2.45, 2.75) is 32.4 Å². The van der Waals surface area contributed by atoms with Crippen LogP contribution in [0.3, 0.4) is 0 Å². The Kier molecular flexibility index (Phi) is 4.68. The van der Waals surface area contributed by atoms with Crippen LogP contribution in [0.5, 0.6) is 5.75 Å². The summed E-state index contributed by atoms with van der Waals surface area (Å²) in [5, 5.41) is 21.6. The molecule has 0 saturated carbocycles. The van der Waals surface area contributed by atoms with Crippen LogP contribution in [-0.4, -0.2) is 23.3 Å². The molecule has 0 spiro atoms. The maximum absolute atomic E-state index is 9.96. The summed E-state index contributed by atoms with van der Waals surface area (Å²) in [7, 11) is 2.02. The number of nitrogens with zero attached hydrogens (tertiary/aromatic N) is 1. The Bertz CT molecular complexity index is 552. The molecular formula is C16H21NO2S. The van der Waals surface area contributed by atoms with Gasteiger partial charge in [0, 0.05) is 41.7 Å². The summed E-state index contributed by atoms with van der Waals surface area (Å²) in [6, 6.07) is 9.98. The molecule has 108 valence electrons. The van der Waals surface area contributed by atoms with E-state index < -0.39 is 6.10 Å². The van der Waals surface area contributed by atoms with E-state index in [0.29, 0.717) is 11.6 Å². The van der Waals surface area contributed by atoms with Crippen molar-refractivity contribution in [2.75, 3.05) is 11.9 Å². The zero-order valence-corrected chi connectivity index (χ0v) is 12.9. The van der Waals surface area contributed by atoms with E-state index in [4.69, 9.17) is 0 Å². The second-order valence-electron chi connectivity index (χ2n) is 5.16. The lowest BCUT2D eigenvalue weighted by Gasteiger charge is -2.27. The quantitative estimate of drug-likeness (QED) is 0.885. The van der Waals surface area contributed by atoms with Gasteiger partial charge in [0.05, 0.1) is 6.10 Å². The predicted molar refractivity (Wildman–Crippen MR) is 84.6 cm³/mol. The van der Waals surface area contributed by atoms with Crippen LogP contribution in [0.15, 0.2) is 35.7 Å². The van der Waals surface area contributed by atoms with Crippen molar-refractivity contribution in [3.63, 3.8) is 0 Å². The minimum absolute atomic E-state index is 0.146. The Labute approximate surface area is 124 Å². The minimum atomic E-state index is -0.655. The first-order chi connectivity index (χ1) is 9.49. The summed E-state index contributed by atoms with van der Waals surface area (Å²) in [6.45, 7) is 3.82.